The summed E-state index contributed by atoms with van der Waals surface area (Å²) in [5, 5.41) is 41.5. The number of carbonyl (C=O) groups excluding carboxylic acids is 4. The minimum absolute atomic E-state index is 0.0334. The lowest BCUT2D eigenvalue weighted by Crippen LogP contribution is -2.74. The molecule has 3 aromatic carbocycles. The summed E-state index contributed by atoms with van der Waals surface area (Å²) >= 11 is 6.23. The summed E-state index contributed by atoms with van der Waals surface area (Å²) < 4.78 is 12.0. The molecule has 15 heteroatoms. The Hall–Kier alpha value is -5.67. The molecule has 64 heavy (non-hydrogen) atoms. The number of hydrogen-bond acceptors (Lipinski definition) is 10. The molecule has 1 aliphatic heterocycles. The molecule has 0 unspecified atom stereocenters. The Labute approximate surface area is 382 Å². The van der Waals surface area contributed by atoms with E-state index in [4.69, 9.17) is 26.3 Å². The molecule has 1 saturated carbocycles. The Morgan fingerprint density at radius 1 is 0.922 bits per heavy atom. The molecule has 5 N–H and O–H groups in total. The van der Waals surface area contributed by atoms with Crippen molar-refractivity contribution in [2.45, 2.75) is 117 Å². The molecule has 1 saturated heterocycles. The molecule has 2 fully saturated rings. The van der Waals surface area contributed by atoms with Gasteiger partial charge in [0.2, 0.25) is 17.7 Å². The van der Waals surface area contributed by atoms with Gasteiger partial charge in [-0.2, -0.15) is 10.5 Å². The topological polar surface area (TPSA) is 206 Å². The molecule has 0 radical (unpaired) electrons. The Balaban J connectivity index is 1.000. The SMILES string of the molecule is C[C@H](NC(=O)[C@@H]1C[C@@H](O)CN1C(=O)[C@@H](NC(=O)COCCCCCNc1ccc(C(=O)NC2C(C)(C)C(Oc3ccc(C#N)c(Cl)c3)C2(C)C)cc1)C(C)(C)C)c1ccc(C#N)cc1. The zero-order valence-corrected chi connectivity index (χ0v) is 38.8. The normalized spacial score (nSPS) is 20.7. The van der Waals surface area contributed by atoms with E-state index in [2.05, 4.69) is 61.1 Å². The fourth-order valence-electron chi connectivity index (χ4n) is 9.02. The summed E-state index contributed by atoms with van der Waals surface area (Å²) in [4.78, 5) is 55.1. The largest absolute Gasteiger partial charge is 0.489 e. The number of nitrogens with zero attached hydrogens (tertiary/aromatic N) is 3. The van der Waals surface area contributed by atoms with Gasteiger partial charge in [0, 0.05) is 60.3 Å². The van der Waals surface area contributed by atoms with Crippen LogP contribution in [0.1, 0.15) is 114 Å². The number of benzene rings is 3. The van der Waals surface area contributed by atoms with Crippen molar-refractivity contribution < 1.29 is 33.8 Å². The highest BCUT2D eigenvalue weighted by molar-refractivity contribution is 6.31. The van der Waals surface area contributed by atoms with E-state index in [0.717, 1.165) is 30.5 Å². The van der Waals surface area contributed by atoms with Crippen molar-refractivity contribution in [3.8, 4) is 17.9 Å². The van der Waals surface area contributed by atoms with Crippen LogP contribution in [0.3, 0.4) is 0 Å². The van der Waals surface area contributed by atoms with Crippen molar-refractivity contribution >= 4 is 40.9 Å². The van der Waals surface area contributed by atoms with E-state index >= 15 is 0 Å². The number of unbranched alkanes of at least 4 members (excludes halogenated alkanes) is 2. The van der Waals surface area contributed by atoms with E-state index in [1.165, 1.54) is 4.90 Å². The molecule has 0 spiro atoms. The van der Waals surface area contributed by atoms with Crippen molar-refractivity contribution in [1.82, 2.24) is 20.9 Å². The summed E-state index contributed by atoms with van der Waals surface area (Å²) in [5.41, 5.74) is 1.66. The minimum Gasteiger partial charge on any atom is -0.489 e. The molecule has 14 nitrogen and oxygen atoms in total. The van der Waals surface area contributed by atoms with E-state index in [-0.39, 0.29) is 48.5 Å². The van der Waals surface area contributed by atoms with Crippen LogP contribution in [0, 0.1) is 38.9 Å². The number of ether oxygens (including phenoxy) is 2. The molecular weight excluding hydrogens is 834 g/mol. The molecular formula is C49H62ClN7O7. The molecule has 4 amide bonds. The van der Waals surface area contributed by atoms with E-state index in [9.17, 15) is 29.5 Å². The second-order valence-electron chi connectivity index (χ2n) is 19.1. The average molecular weight is 897 g/mol. The monoisotopic (exact) mass is 895 g/mol. The highest BCUT2D eigenvalue weighted by Gasteiger charge is 2.64. The molecule has 0 bridgehead atoms. The Morgan fingerprint density at radius 2 is 1.59 bits per heavy atom. The molecule has 1 aliphatic carbocycles. The summed E-state index contributed by atoms with van der Waals surface area (Å²) in [6, 6.07) is 20.9. The van der Waals surface area contributed by atoms with Crippen LogP contribution in [0.15, 0.2) is 66.7 Å². The first-order chi connectivity index (χ1) is 30.2. The Bertz CT molecular complexity index is 2210. The number of rotatable bonds is 18. The van der Waals surface area contributed by atoms with E-state index in [1.54, 1.807) is 61.5 Å². The minimum atomic E-state index is -0.965. The molecule has 3 aromatic rings. The molecule has 0 aromatic heterocycles. The number of nitriles is 2. The fraction of sp³-hybridized carbons (Fsp3) is 0.510. The number of aliphatic hydroxyl groups is 1. The summed E-state index contributed by atoms with van der Waals surface area (Å²) in [6.07, 6.45) is 1.40. The van der Waals surface area contributed by atoms with Gasteiger partial charge in [-0.15, -0.1) is 0 Å². The van der Waals surface area contributed by atoms with Gasteiger partial charge < -0.3 is 40.7 Å². The van der Waals surface area contributed by atoms with Crippen molar-refractivity contribution in [3.05, 3.63) is 94.0 Å². The number of nitrogens with one attached hydrogen (secondary N) is 4. The lowest BCUT2D eigenvalue weighted by Gasteiger charge is -2.63. The van der Waals surface area contributed by atoms with E-state index < -0.39 is 47.4 Å². The van der Waals surface area contributed by atoms with E-state index in [1.807, 2.05) is 32.9 Å². The number of hydrogen-bond donors (Lipinski definition) is 5. The lowest BCUT2D eigenvalue weighted by atomic mass is 9.49. The Morgan fingerprint density at radius 3 is 2.20 bits per heavy atom. The van der Waals surface area contributed by atoms with Crippen LogP contribution in [-0.2, 0) is 19.1 Å². The van der Waals surface area contributed by atoms with Crippen molar-refractivity contribution in [1.29, 1.82) is 10.5 Å². The molecule has 5 rings (SSSR count). The van der Waals surface area contributed by atoms with Gasteiger partial charge in [-0.25, -0.2) is 0 Å². The first-order valence-corrected chi connectivity index (χ1v) is 22.2. The van der Waals surface area contributed by atoms with E-state index in [0.29, 0.717) is 40.6 Å². The average Bonchev–Trinajstić information content (AvgIpc) is 3.65. The Kier molecular flexibility index (Phi) is 16.1. The highest BCUT2D eigenvalue weighted by Crippen LogP contribution is 2.55. The van der Waals surface area contributed by atoms with Gasteiger partial charge in [-0.1, -0.05) is 72.2 Å². The maximum absolute atomic E-state index is 13.9. The first-order valence-electron chi connectivity index (χ1n) is 21.8. The van der Waals surface area contributed by atoms with Crippen molar-refractivity contribution in [2.24, 2.45) is 16.2 Å². The van der Waals surface area contributed by atoms with Crippen LogP contribution in [0.25, 0.3) is 0 Å². The van der Waals surface area contributed by atoms with Crippen LogP contribution in [0.5, 0.6) is 5.75 Å². The predicted octanol–water partition coefficient (Wildman–Crippen LogP) is 6.66. The number of β-amino-alcohol motifs (C(OH)–C–C–N with tert-alkyl or cyclic N) is 1. The van der Waals surface area contributed by atoms with Crippen molar-refractivity contribution in [3.63, 3.8) is 0 Å². The predicted molar refractivity (Wildman–Crippen MR) is 244 cm³/mol. The van der Waals surface area contributed by atoms with Gasteiger partial charge in [0.05, 0.1) is 34.4 Å². The van der Waals surface area contributed by atoms with Gasteiger partial charge in [0.1, 0.15) is 36.6 Å². The molecule has 342 valence electrons. The first kappa shape index (κ1) is 49.3. The van der Waals surface area contributed by atoms with Crippen LogP contribution in [-0.4, -0.2) is 90.3 Å². The summed E-state index contributed by atoms with van der Waals surface area (Å²) in [7, 11) is 0. The highest BCUT2D eigenvalue weighted by atomic mass is 35.5. The van der Waals surface area contributed by atoms with Gasteiger partial charge >= 0.3 is 0 Å². The van der Waals surface area contributed by atoms with Gasteiger partial charge in [0.15, 0.2) is 0 Å². The van der Waals surface area contributed by atoms with Crippen LogP contribution in [0.4, 0.5) is 5.69 Å². The van der Waals surface area contributed by atoms with Gasteiger partial charge in [-0.05, 0) is 85.7 Å². The third-order valence-electron chi connectivity index (χ3n) is 12.3. The quantitative estimate of drug-likeness (QED) is 0.0859. The number of amides is 4. The number of aliphatic hydroxyl groups excluding tert-OH is 1. The smallest absolute Gasteiger partial charge is 0.251 e. The molecule has 4 atom stereocenters. The lowest BCUT2D eigenvalue weighted by molar-refractivity contribution is -0.164. The number of halogens is 1. The number of anilines is 1. The third-order valence-corrected chi connectivity index (χ3v) is 12.6. The summed E-state index contributed by atoms with van der Waals surface area (Å²) in [5.74, 6) is -0.910. The van der Waals surface area contributed by atoms with Gasteiger partial charge in [0.25, 0.3) is 5.91 Å². The maximum Gasteiger partial charge on any atom is 0.251 e. The third kappa shape index (κ3) is 11.9. The molecule has 1 heterocycles. The second-order valence-corrected chi connectivity index (χ2v) is 19.6. The summed E-state index contributed by atoms with van der Waals surface area (Å²) in [6.45, 7) is 16.3. The standard InChI is InChI=1S/C49H62ClN7O7/c1-30(32-14-12-31(26-51)13-15-32)54-43(61)39-24-36(58)28-57(39)44(62)41(47(2,3)4)55-40(59)29-63-23-11-9-10-22-53-35-19-16-33(17-20-35)42(60)56-45-48(5,6)46(49(45,7)8)64-37-21-18-34(27-52)38(50)25-37/h12-21,25,30,36,39,41,45-46,53,58H,9-11,22-24,28-29H2,1-8H3,(H,54,61)(H,55,59)(H,56,60)/t30-,36+,39-,41+,45?,46?/m0/s1. The fourth-order valence-corrected chi connectivity index (χ4v) is 9.23. The maximum atomic E-state index is 13.9. The van der Waals surface area contributed by atoms with Crippen LogP contribution in [0.2, 0.25) is 5.02 Å². The zero-order chi connectivity index (χ0) is 47.0. The zero-order valence-electron chi connectivity index (χ0n) is 38.1. The van der Waals surface area contributed by atoms with Crippen LogP contribution < -0.4 is 26.0 Å². The van der Waals surface area contributed by atoms with Crippen LogP contribution >= 0.6 is 11.6 Å². The second kappa shape index (κ2) is 20.9. The molecule has 2 aliphatic rings. The number of likely N-dealkylation sites (tertiary alicyclic amines) is 1. The number of carbonyl (C=O) groups is 4. The van der Waals surface area contributed by atoms with Gasteiger partial charge in [-0.3, -0.25) is 19.2 Å². The van der Waals surface area contributed by atoms with Crippen molar-refractivity contribution in [2.75, 3.05) is 31.6 Å².